The van der Waals surface area contributed by atoms with E-state index in [9.17, 15) is 14.7 Å². The fourth-order valence-corrected chi connectivity index (χ4v) is 2.44. The number of esters is 1. The number of carboxylic acid groups (broad SMARTS) is 1. The first kappa shape index (κ1) is 16.4. The predicted molar refractivity (Wildman–Crippen MR) is 79.5 cm³/mol. The molecule has 1 atom stereocenters. The molecule has 0 saturated heterocycles. The van der Waals surface area contributed by atoms with Crippen LogP contribution in [0.25, 0.3) is 0 Å². The van der Waals surface area contributed by atoms with E-state index in [2.05, 4.69) is 22.5 Å². The van der Waals surface area contributed by atoms with Gasteiger partial charge in [0.05, 0.1) is 6.61 Å². The van der Waals surface area contributed by atoms with E-state index in [0.29, 0.717) is 15.6 Å². The van der Waals surface area contributed by atoms with Gasteiger partial charge in [-0.3, -0.25) is 9.59 Å². The van der Waals surface area contributed by atoms with Crippen molar-refractivity contribution in [1.82, 2.24) is 0 Å². The first-order chi connectivity index (χ1) is 9.34. The Morgan fingerprint density at radius 1 is 1.45 bits per heavy atom. The first-order valence-electron chi connectivity index (χ1n) is 6.15. The lowest BCUT2D eigenvalue weighted by Gasteiger charge is -2.28. The minimum absolute atomic E-state index is 0.00236. The Morgan fingerprint density at radius 2 is 2.10 bits per heavy atom. The molecule has 0 aliphatic carbocycles. The van der Waals surface area contributed by atoms with Crippen molar-refractivity contribution in [3.63, 3.8) is 0 Å². The molecule has 108 valence electrons. The molecule has 0 aromatic heterocycles. The van der Waals surface area contributed by atoms with E-state index in [1.54, 1.807) is 38.1 Å². The van der Waals surface area contributed by atoms with Gasteiger partial charge in [-0.05, 0) is 38.0 Å². The Labute approximate surface area is 126 Å². The molecule has 0 bridgehead atoms. The standard InChI is InChI=1S/C15H17BrO4/c1-4-20-14(19)15(13(17)18,9-10(2)3)11-6-5-7-12(16)8-11/h5-8H,2,4,9H2,1,3H3,(H,17,18). The number of hydrogen-bond acceptors (Lipinski definition) is 3. The number of aliphatic carboxylic acids is 1. The molecule has 0 aliphatic rings. The van der Waals surface area contributed by atoms with Gasteiger partial charge in [0.25, 0.3) is 0 Å². The van der Waals surface area contributed by atoms with Crippen LogP contribution < -0.4 is 0 Å². The van der Waals surface area contributed by atoms with Crippen molar-refractivity contribution in [2.24, 2.45) is 0 Å². The molecule has 0 heterocycles. The van der Waals surface area contributed by atoms with Crippen LogP contribution in [0.2, 0.25) is 0 Å². The molecule has 0 aliphatic heterocycles. The van der Waals surface area contributed by atoms with E-state index in [4.69, 9.17) is 4.74 Å². The van der Waals surface area contributed by atoms with Crippen LogP contribution in [-0.4, -0.2) is 23.7 Å². The summed E-state index contributed by atoms with van der Waals surface area (Å²) >= 11 is 3.29. The van der Waals surface area contributed by atoms with Crippen LogP contribution in [0.3, 0.4) is 0 Å². The quantitative estimate of drug-likeness (QED) is 0.490. The molecule has 1 N–H and O–H groups in total. The van der Waals surface area contributed by atoms with E-state index < -0.39 is 17.4 Å². The van der Waals surface area contributed by atoms with Crippen molar-refractivity contribution in [2.75, 3.05) is 6.61 Å². The molecule has 5 heteroatoms. The highest BCUT2D eigenvalue weighted by Gasteiger charge is 2.49. The average Bonchev–Trinajstić information content (AvgIpc) is 2.35. The number of carbonyl (C=O) groups is 2. The van der Waals surface area contributed by atoms with Gasteiger partial charge in [0.2, 0.25) is 0 Å². The highest BCUT2D eigenvalue weighted by molar-refractivity contribution is 9.10. The maximum Gasteiger partial charge on any atom is 0.328 e. The van der Waals surface area contributed by atoms with Crippen LogP contribution >= 0.6 is 15.9 Å². The van der Waals surface area contributed by atoms with E-state index in [0.717, 1.165) is 0 Å². The summed E-state index contributed by atoms with van der Waals surface area (Å²) in [5.41, 5.74) is -0.785. The SMILES string of the molecule is C=C(C)CC(C(=O)O)(C(=O)OCC)c1cccc(Br)c1. The van der Waals surface area contributed by atoms with Crippen molar-refractivity contribution in [3.8, 4) is 0 Å². The zero-order valence-corrected chi connectivity index (χ0v) is 13.1. The fourth-order valence-electron chi connectivity index (χ4n) is 2.04. The highest BCUT2D eigenvalue weighted by atomic mass is 79.9. The van der Waals surface area contributed by atoms with Crippen molar-refractivity contribution >= 4 is 27.9 Å². The van der Waals surface area contributed by atoms with Gasteiger partial charge < -0.3 is 9.84 Å². The molecule has 1 aromatic rings. The van der Waals surface area contributed by atoms with Gasteiger partial charge >= 0.3 is 11.9 Å². The van der Waals surface area contributed by atoms with E-state index >= 15 is 0 Å². The van der Waals surface area contributed by atoms with E-state index in [1.165, 1.54) is 0 Å². The summed E-state index contributed by atoms with van der Waals surface area (Å²) in [6, 6.07) is 6.68. The van der Waals surface area contributed by atoms with Crippen LogP contribution in [0.15, 0.2) is 40.9 Å². The van der Waals surface area contributed by atoms with Crippen LogP contribution in [0.4, 0.5) is 0 Å². The van der Waals surface area contributed by atoms with Gasteiger partial charge in [-0.15, -0.1) is 6.58 Å². The van der Waals surface area contributed by atoms with E-state index in [-0.39, 0.29) is 13.0 Å². The maximum absolute atomic E-state index is 12.3. The summed E-state index contributed by atoms with van der Waals surface area (Å²) in [6.45, 7) is 7.19. The largest absolute Gasteiger partial charge is 0.480 e. The molecule has 20 heavy (non-hydrogen) atoms. The van der Waals surface area contributed by atoms with Crippen LogP contribution in [0.5, 0.6) is 0 Å². The van der Waals surface area contributed by atoms with Crippen LogP contribution in [0, 0.1) is 0 Å². The van der Waals surface area contributed by atoms with Gasteiger partial charge in [-0.1, -0.05) is 33.6 Å². The number of ether oxygens (including phenoxy) is 1. The Hall–Kier alpha value is -1.62. The van der Waals surface area contributed by atoms with Gasteiger partial charge in [-0.2, -0.15) is 0 Å². The molecule has 0 fully saturated rings. The van der Waals surface area contributed by atoms with Gasteiger partial charge in [-0.25, -0.2) is 0 Å². The lowest BCUT2D eigenvalue weighted by atomic mass is 9.75. The van der Waals surface area contributed by atoms with Crippen molar-refractivity contribution in [3.05, 3.63) is 46.5 Å². The fraction of sp³-hybridized carbons (Fsp3) is 0.333. The van der Waals surface area contributed by atoms with Crippen LogP contribution in [0.1, 0.15) is 25.8 Å². The number of halogens is 1. The summed E-state index contributed by atoms with van der Waals surface area (Å²) in [4.78, 5) is 24.1. The Bertz CT molecular complexity index is 538. The summed E-state index contributed by atoms with van der Waals surface area (Å²) in [5.74, 6) is -2.01. The molecule has 1 unspecified atom stereocenters. The Kier molecular flexibility index (Phi) is 5.51. The molecular weight excluding hydrogens is 324 g/mol. The summed E-state index contributed by atoms with van der Waals surface area (Å²) in [5, 5.41) is 9.66. The third-order valence-electron chi connectivity index (χ3n) is 2.87. The number of allylic oxidation sites excluding steroid dienone is 1. The Morgan fingerprint density at radius 3 is 2.55 bits per heavy atom. The lowest BCUT2D eigenvalue weighted by Crippen LogP contribution is -2.45. The van der Waals surface area contributed by atoms with Gasteiger partial charge in [0, 0.05) is 4.47 Å². The molecule has 4 nitrogen and oxygen atoms in total. The summed E-state index contributed by atoms with van der Waals surface area (Å²) in [6.07, 6.45) is -0.00236. The minimum Gasteiger partial charge on any atom is -0.480 e. The highest BCUT2D eigenvalue weighted by Crippen LogP contribution is 2.34. The molecule has 0 radical (unpaired) electrons. The second kappa shape index (κ2) is 6.70. The number of carboxylic acids is 1. The molecule has 1 aromatic carbocycles. The minimum atomic E-state index is -1.76. The summed E-state index contributed by atoms with van der Waals surface area (Å²) < 4.78 is 5.69. The monoisotopic (exact) mass is 340 g/mol. The first-order valence-corrected chi connectivity index (χ1v) is 6.95. The third kappa shape index (κ3) is 3.28. The molecule has 0 spiro atoms. The zero-order valence-electron chi connectivity index (χ0n) is 11.5. The van der Waals surface area contributed by atoms with Crippen molar-refractivity contribution in [1.29, 1.82) is 0 Å². The summed E-state index contributed by atoms with van der Waals surface area (Å²) in [7, 11) is 0. The number of benzene rings is 1. The maximum atomic E-state index is 12.3. The predicted octanol–water partition coefficient (Wildman–Crippen LogP) is 3.30. The van der Waals surface area contributed by atoms with Crippen LogP contribution in [-0.2, 0) is 19.7 Å². The lowest BCUT2D eigenvalue weighted by molar-refractivity contribution is -0.161. The molecular formula is C15H17BrO4. The average molecular weight is 341 g/mol. The second-order valence-corrected chi connectivity index (χ2v) is 5.49. The zero-order chi connectivity index (χ0) is 15.3. The second-order valence-electron chi connectivity index (χ2n) is 4.58. The number of hydrogen-bond donors (Lipinski definition) is 1. The van der Waals surface area contributed by atoms with Crippen molar-refractivity contribution < 1.29 is 19.4 Å². The van der Waals surface area contributed by atoms with Gasteiger partial charge in [0.15, 0.2) is 5.41 Å². The van der Waals surface area contributed by atoms with Gasteiger partial charge in [0.1, 0.15) is 0 Å². The number of carbonyl (C=O) groups excluding carboxylic acids is 1. The molecule has 0 amide bonds. The smallest absolute Gasteiger partial charge is 0.328 e. The van der Waals surface area contributed by atoms with E-state index in [1.807, 2.05) is 0 Å². The van der Waals surface area contributed by atoms with Crippen molar-refractivity contribution in [2.45, 2.75) is 25.7 Å². The number of rotatable bonds is 6. The normalized spacial score (nSPS) is 13.3. The third-order valence-corrected chi connectivity index (χ3v) is 3.37. The molecule has 0 saturated carbocycles. The molecule has 1 rings (SSSR count). The topological polar surface area (TPSA) is 63.6 Å². The Balaban J connectivity index is 3.48.